The lowest BCUT2D eigenvalue weighted by atomic mass is 10.2. The van der Waals surface area contributed by atoms with Crippen molar-refractivity contribution in [2.75, 3.05) is 6.79 Å². The molecule has 0 bridgehead atoms. The molecule has 0 saturated carbocycles. The van der Waals surface area contributed by atoms with Crippen LogP contribution in [-0.4, -0.2) is 29.9 Å². The second-order valence-electron chi connectivity index (χ2n) is 5.45. The van der Waals surface area contributed by atoms with E-state index in [9.17, 15) is 14.9 Å². The molecule has 2 aromatic carbocycles. The second-order valence-corrected chi connectivity index (χ2v) is 6.30. The monoisotopic (exact) mass is 435 g/mol. The summed E-state index contributed by atoms with van der Waals surface area (Å²) in [6.45, 7) is 1.62. The smallest absolute Gasteiger partial charge is 0.310 e. The third-order valence-electron chi connectivity index (χ3n) is 3.61. The molecule has 0 saturated heterocycles. The van der Waals surface area contributed by atoms with Crippen molar-refractivity contribution in [3.05, 3.63) is 56.5 Å². The van der Waals surface area contributed by atoms with Crippen LogP contribution in [0.15, 0.2) is 46.0 Å². The number of carbonyl (C=O) groups is 1. The molecule has 27 heavy (non-hydrogen) atoms. The summed E-state index contributed by atoms with van der Waals surface area (Å²) < 4.78 is 16.6. The van der Waals surface area contributed by atoms with Gasteiger partial charge in [-0.15, -0.1) is 0 Å². The number of benzene rings is 2. The maximum atomic E-state index is 12.1. The van der Waals surface area contributed by atoms with E-state index in [4.69, 9.17) is 14.2 Å². The number of hydrogen-bond donors (Lipinski definition) is 1. The number of ether oxygens (including phenoxy) is 3. The molecule has 1 N–H and O–H groups in total. The third-order valence-corrected chi connectivity index (χ3v) is 4.29. The molecule has 140 valence electrons. The fourth-order valence-corrected chi connectivity index (χ4v) is 2.66. The molecule has 1 aliphatic rings. The van der Waals surface area contributed by atoms with E-state index in [0.29, 0.717) is 21.5 Å². The van der Waals surface area contributed by atoms with Crippen molar-refractivity contribution in [2.24, 2.45) is 5.10 Å². The molecule has 0 spiro atoms. The molecule has 1 aliphatic heterocycles. The van der Waals surface area contributed by atoms with E-state index >= 15 is 0 Å². The molecule has 1 atom stereocenters. The van der Waals surface area contributed by atoms with Gasteiger partial charge in [0, 0.05) is 16.1 Å². The van der Waals surface area contributed by atoms with Gasteiger partial charge in [0.05, 0.1) is 11.1 Å². The molecule has 0 fully saturated rings. The number of nitrogens with zero attached hydrogens (tertiary/aromatic N) is 2. The van der Waals surface area contributed by atoms with Crippen LogP contribution >= 0.6 is 15.9 Å². The van der Waals surface area contributed by atoms with Gasteiger partial charge < -0.3 is 14.2 Å². The average molecular weight is 436 g/mol. The zero-order valence-corrected chi connectivity index (χ0v) is 15.6. The number of nitrogens with one attached hydrogen (secondary N) is 1. The van der Waals surface area contributed by atoms with Crippen LogP contribution in [0.25, 0.3) is 0 Å². The van der Waals surface area contributed by atoms with Crippen molar-refractivity contribution < 1.29 is 23.9 Å². The highest BCUT2D eigenvalue weighted by Gasteiger charge is 2.20. The summed E-state index contributed by atoms with van der Waals surface area (Å²) in [4.78, 5) is 22.5. The second kappa shape index (κ2) is 8.04. The van der Waals surface area contributed by atoms with Crippen LogP contribution in [0, 0.1) is 10.1 Å². The molecule has 1 heterocycles. The Morgan fingerprint density at radius 1 is 1.37 bits per heavy atom. The Bertz CT molecular complexity index is 918. The summed E-state index contributed by atoms with van der Waals surface area (Å²) in [5, 5.41) is 14.9. The first-order chi connectivity index (χ1) is 13.0. The van der Waals surface area contributed by atoms with Gasteiger partial charge in [-0.3, -0.25) is 14.9 Å². The standard InChI is InChI=1S/C17H14BrN3O6/c1-10(27-14-5-3-2-4-13(14)21(23)24)17(22)20-19-8-11-6-15-16(7-12(11)18)26-9-25-15/h2-8,10H,9H2,1H3,(H,20,22). The van der Waals surface area contributed by atoms with Crippen molar-refractivity contribution in [1.82, 2.24) is 5.43 Å². The van der Waals surface area contributed by atoms with Gasteiger partial charge in [0.15, 0.2) is 23.4 Å². The zero-order valence-electron chi connectivity index (χ0n) is 14.0. The summed E-state index contributed by atoms with van der Waals surface area (Å²) in [6, 6.07) is 9.29. The zero-order chi connectivity index (χ0) is 19.4. The number of hydrazone groups is 1. The van der Waals surface area contributed by atoms with E-state index in [-0.39, 0.29) is 18.2 Å². The van der Waals surface area contributed by atoms with Gasteiger partial charge >= 0.3 is 5.69 Å². The number of para-hydroxylation sites is 2. The Hall–Kier alpha value is -3.14. The predicted octanol–water partition coefficient (Wildman–Crippen LogP) is 3.00. The number of carbonyl (C=O) groups excluding carboxylic acids is 1. The van der Waals surface area contributed by atoms with Crippen LogP contribution in [0.3, 0.4) is 0 Å². The maximum absolute atomic E-state index is 12.1. The van der Waals surface area contributed by atoms with Crippen molar-refractivity contribution in [3.8, 4) is 17.2 Å². The normalized spacial score (nSPS) is 13.4. The Morgan fingerprint density at radius 2 is 2.07 bits per heavy atom. The molecule has 10 heteroatoms. The Balaban J connectivity index is 1.62. The molecule has 1 amide bonds. The van der Waals surface area contributed by atoms with Crippen LogP contribution in [0.1, 0.15) is 12.5 Å². The molecule has 0 aliphatic carbocycles. The number of rotatable bonds is 6. The number of hydrogen-bond acceptors (Lipinski definition) is 7. The van der Waals surface area contributed by atoms with Crippen LogP contribution in [0.5, 0.6) is 17.2 Å². The third kappa shape index (κ3) is 4.34. The largest absolute Gasteiger partial charge is 0.474 e. The fraction of sp³-hybridized carbons (Fsp3) is 0.176. The lowest BCUT2D eigenvalue weighted by molar-refractivity contribution is -0.386. The van der Waals surface area contributed by atoms with Crippen molar-refractivity contribution in [2.45, 2.75) is 13.0 Å². The molecule has 9 nitrogen and oxygen atoms in total. The first kappa shape index (κ1) is 18.6. The number of nitro benzene ring substituents is 1. The molecule has 1 unspecified atom stereocenters. The van der Waals surface area contributed by atoms with Gasteiger partial charge in [0.2, 0.25) is 6.79 Å². The summed E-state index contributed by atoms with van der Waals surface area (Å²) in [5.41, 5.74) is 2.79. The number of amides is 1. The van der Waals surface area contributed by atoms with E-state index in [1.807, 2.05) is 0 Å². The SMILES string of the molecule is CC(Oc1ccccc1[N+](=O)[O-])C(=O)NN=Cc1cc2c(cc1Br)OCO2. The number of fused-ring (bicyclic) bond motifs is 1. The van der Waals surface area contributed by atoms with Crippen LogP contribution in [0.4, 0.5) is 5.69 Å². The van der Waals surface area contributed by atoms with Crippen molar-refractivity contribution >= 4 is 33.7 Å². The quantitative estimate of drug-likeness (QED) is 0.423. The minimum absolute atomic E-state index is 0.00708. The molecule has 3 rings (SSSR count). The maximum Gasteiger partial charge on any atom is 0.310 e. The summed E-state index contributed by atoms with van der Waals surface area (Å²) in [7, 11) is 0. The van der Waals surface area contributed by atoms with Crippen LogP contribution in [0.2, 0.25) is 0 Å². The first-order valence-electron chi connectivity index (χ1n) is 7.78. The highest BCUT2D eigenvalue weighted by Crippen LogP contribution is 2.36. The Kier molecular flexibility index (Phi) is 5.55. The minimum atomic E-state index is -0.983. The Labute approximate surface area is 162 Å². The summed E-state index contributed by atoms with van der Waals surface area (Å²) in [5.74, 6) is 0.655. The van der Waals surface area contributed by atoms with Crippen molar-refractivity contribution in [1.29, 1.82) is 0 Å². The van der Waals surface area contributed by atoms with E-state index < -0.39 is 16.9 Å². The lowest BCUT2D eigenvalue weighted by Crippen LogP contribution is -2.33. The highest BCUT2D eigenvalue weighted by atomic mass is 79.9. The molecule has 0 radical (unpaired) electrons. The highest BCUT2D eigenvalue weighted by molar-refractivity contribution is 9.10. The Morgan fingerprint density at radius 3 is 2.81 bits per heavy atom. The van der Waals surface area contributed by atoms with Crippen LogP contribution < -0.4 is 19.6 Å². The topological polar surface area (TPSA) is 112 Å². The summed E-state index contributed by atoms with van der Waals surface area (Å²) >= 11 is 3.38. The van der Waals surface area contributed by atoms with E-state index in [1.54, 1.807) is 18.2 Å². The molecular formula is C17H14BrN3O6. The molecule has 0 aromatic heterocycles. The van der Waals surface area contributed by atoms with Gasteiger partial charge in [-0.1, -0.05) is 12.1 Å². The van der Waals surface area contributed by atoms with Gasteiger partial charge in [0.25, 0.3) is 5.91 Å². The predicted molar refractivity (Wildman–Crippen MR) is 99.2 cm³/mol. The van der Waals surface area contributed by atoms with Gasteiger partial charge in [-0.2, -0.15) is 5.10 Å². The van der Waals surface area contributed by atoms with E-state index in [2.05, 4.69) is 26.5 Å². The number of nitro groups is 1. The molecular weight excluding hydrogens is 422 g/mol. The summed E-state index contributed by atoms with van der Waals surface area (Å²) in [6.07, 6.45) is 0.449. The fourth-order valence-electron chi connectivity index (χ4n) is 2.24. The van der Waals surface area contributed by atoms with E-state index in [1.165, 1.54) is 31.3 Å². The minimum Gasteiger partial charge on any atom is -0.474 e. The molecule has 2 aromatic rings. The number of halogens is 1. The van der Waals surface area contributed by atoms with Crippen molar-refractivity contribution in [3.63, 3.8) is 0 Å². The average Bonchev–Trinajstić information content (AvgIpc) is 3.09. The lowest BCUT2D eigenvalue weighted by Gasteiger charge is -2.12. The van der Waals surface area contributed by atoms with Crippen LogP contribution in [-0.2, 0) is 4.79 Å². The first-order valence-corrected chi connectivity index (χ1v) is 8.57. The van der Waals surface area contributed by atoms with Gasteiger partial charge in [-0.05, 0) is 41.1 Å². The van der Waals surface area contributed by atoms with Gasteiger partial charge in [0.1, 0.15) is 0 Å². The van der Waals surface area contributed by atoms with E-state index in [0.717, 1.165) is 0 Å². The van der Waals surface area contributed by atoms with Gasteiger partial charge in [-0.25, -0.2) is 5.43 Å².